The van der Waals surface area contributed by atoms with Gasteiger partial charge in [-0.25, -0.2) is 0 Å². The number of hydrogen-bond donors (Lipinski definition) is 0. The smallest absolute Gasteiger partial charge is 0.259 e. The van der Waals surface area contributed by atoms with Crippen molar-refractivity contribution in [2.75, 3.05) is 0 Å². The summed E-state index contributed by atoms with van der Waals surface area (Å²) in [6.45, 7) is 6.07. The summed E-state index contributed by atoms with van der Waals surface area (Å²) in [7, 11) is 0. The van der Waals surface area contributed by atoms with Crippen LogP contribution in [0.4, 0.5) is 0 Å². The van der Waals surface area contributed by atoms with Crippen LogP contribution in [0, 0.1) is 6.92 Å². The van der Waals surface area contributed by atoms with Gasteiger partial charge in [0.25, 0.3) is 5.91 Å². The number of carbonyl (C=O) groups excluding carboxylic acids is 1. The SMILES string of the molecule is C=C1c2cc(C)ccc2C(=O)N1C1CC1. The lowest BCUT2D eigenvalue weighted by molar-refractivity contribution is 0.0843. The highest BCUT2D eigenvalue weighted by Crippen LogP contribution is 2.40. The Morgan fingerprint density at radius 2 is 2.07 bits per heavy atom. The number of hydrogen-bond acceptors (Lipinski definition) is 1. The summed E-state index contributed by atoms with van der Waals surface area (Å²) < 4.78 is 0. The molecule has 0 saturated heterocycles. The van der Waals surface area contributed by atoms with Gasteiger partial charge in [-0.3, -0.25) is 4.79 Å². The quantitative estimate of drug-likeness (QED) is 0.680. The molecule has 2 aliphatic rings. The third-order valence-corrected chi connectivity index (χ3v) is 3.14. The van der Waals surface area contributed by atoms with Crippen molar-refractivity contribution in [3.8, 4) is 0 Å². The normalized spacial score (nSPS) is 19.7. The molecular formula is C13H13NO. The van der Waals surface area contributed by atoms with Crippen LogP contribution in [0.1, 0.15) is 34.3 Å². The van der Waals surface area contributed by atoms with Crippen molar-refractivity contribution in [2.45, 2.75) is 25.8 Å². The summed E-state index contributed by atoms with van der Waals surface area (Å²) >= 11 is 0. The monoisotopic (exact) mass is 199 g/mol. The molecule has 1 heterocycles. The fourth-order valence-electron chi connectivity index (χ4n) is 2.18. The van der Waals surface area contributed by atoms with Gasteiger partial charge in [-0.2, -0.15) is 0 Å². The predicted octanol–water partition coefficient (Wildman–Crippen LogP) is 2.58. The molecule has 0 aromatic heterocycles. The first kappa shape index (κ1) is 8.72. The van der Waals surface area contributed by atoms with E-state index < -0.39 is 0 Å². The maximum Gasteiger partial charge on any atom is 0.259 e. The molecule has 3 rings (SSSR count). The molecule has 2 heteroatoms. The third-order valence-electron chi connectivity index (χ3n) is 3.14. The van der Waals surface area contributed by atoms with Gasteiger partial charge in [-0.15, -0.1) is 0 Å². The second-order valence-corrected chi connectivity index (χ2v) is 4.40. The summed E-state index contributed by atoms with van der Waals surface area (Å²) in [6.07, 6.45) is 2.25. The van der Waals surface area contributed by atoms with Gasteiger partial charge in [0.15, 0.2) is 0 Å². The standard InChI is InChI=1S/C13H13NO/c1-8-3-6-11-12(7-8)9(2)14(13(11)15)10-4-5-10/h3,6-7,10H,2,4-5H2,1H3. The van der Waals surface area contributed by atoms with Gasteiger partial charge in [-0.05, 0) is 31.9 Å². The van der Waals surface area contributed by atoms with Crippen molar-refractivity contribution < 1.29 is 4.79 Å². The molecule has 2 nitrogen and oxygen atoms in total. The molecule has 1 aromatic rings. The van der Waals surface area contributed by atoms with Crippen LogP contribution in [0.5, 0.6) is 0 Å². The van der Waals surface area contributed by atoms with Crippen LogP contribution in [0.15, 0.2) is 24.8 Å². The van der Waals surface area contributed by atoms with E-state index in [-0.39, 0.29) is 5.91 Å². The number of aryl methyl sites for hydroxylation is 1. The third kappa shape index (κ3) is 1.14. The maximum absolute atomic E-state index is 12.1. The molecular weight excluding hydrogens is 186 g/mol. The van der Waals surface area contributed by atoms with E-state index >= 15 is 0 Å². The number of carbonyl (C=O) groups is 1. The molecule has 1 saturated carbocycles. The summed E-state index contributed by atoms with van der Waals surface area (Å²) in [5.41, 5.74) is 3.91. The highest BCUT2D eigenvalue weighted by atomic mass is 16.2. The molecule has 0 N–H and O–H groups in total. The zero-order valence-corrected chi connectivity index (χ0v) is 8.79. The fraction of sp³-hybridized carbons (Fsp3) is 0.308. The number of fused-ring (bicyclic) bond motifs is 1. The zero-order valence-electron chi connectivity index (χ0n) is 8.79. The van der Waals surface area contributed by atoms with E-state index in [2.05, 4.69) is 12.6 Å². The lowest BCUT2D eigenvalue weighted by Gasteiger charge is -2.15. The largest absolute Gasteiger partial charge is 0.305 e. The van der Waals surface area contributed by atoms with Crippen molar-refractivity contribution in [1.29, 1.82) is 0 Å². The van der Waals surface area contributed by atoms with Gasteiger partial charge in [0.2, 0.25) is 0 Å². The zero-order chi connectivity index (χ0) is 10.6. The van der Waals surface area contributed by atoms with Gasteiger partial charge in [-0.1, -0.05) is 18.2 Å². The van der Waals surface area contributed by atoms with Crippen LogP contribution in [-0.2, 0) is 0 Å². The average Bonchev–Trinajstić information content (AvgIpc) is 2.98. The van der Waals surface area contributed by atoms with E-state index in [4.69, 9.17) is 0 Å². The van der Waals surface area contributed by atoms with E-state index in [0.29, 0.717) is 6.04 Å². The minimum absolute atomic E-state index is 0.137. The lowest BCUT2D eigenvalue weighted by atomic mass is 10.1. The molecule has 1 amide bonds. The van der Waals surface area contributed by atoms with Crippen LogP contribution < -0.4 is 0 Å². The second kappa shape index (κ2) is 2.72. The van der Waals surface area contributed by atoms with Crippen molar-refractivity contribution in [2.24, 2.45) is 0 Å². The van der Waals surface area contributed by atoms with Gasteiger partial charge < -0.3 is 4.90 Å². The number of benzene rings is 1. The Morgan fingerprint density at radius 3 is 2.73 bits per heavy atom. The number of nitrogens with zero attached hydrogens (tertiary/aromatic N) is 1. The Kier molecular flexibility index (Phi) is 1.58. The molecule has 15 heavy (non-hydrogen) atoms. The first-order valence-corrected chi connectivity index (χ1v) is 5.32. The Morgan fingerprint density at radius 1 is 1.33 bits per heavy atom. The van der Waals surface area contributed by atoms with Crippen LogP contribution in [0.3, 0.4) is 0 Å². The van der Waals surface area contributed by atoms with Crippen LogP contribution >= 0.6 is 0 Å². The van der Waals surface area contributed by atoms with E-state index in [1.165, 1.54) is 5.56 Å². The predicted molar refractivity (Wildman–Crippen MR) is 59.4 cm³/mol. The van der Waals surface area contributed by atoms with Crippen LogP contribution in [0.25, 0.3) is 5.70 Å². The van der Waals surface area contributed by atoms with E-state index in [1.807, 2.05) is 24.0 Å². The highest BCUT2D eigenvalue weighted by molar-refractivity contribution is 6.09. The molecule has 0 unspecified atom stereocenters. The van der Waals surface area contributed by atoms with Crippen LogP contribution in [0.2, 0.25) is 0 Å². The van der Waals surface area contributed by atoms with E-state index in [9.17, 15) is 4.79 Å². The molecule has 1 fully saturated rings. The minimum Gasteiger partial charge on any atom is -0.305 e. The fourth-order valence-corrected chi connectivity index (χ4v) is 2.18. The van der Waals surface area contributed by atoms with Crippen LogP contribution in [-0.4, -0.2) is 16.8 Å². The Hall–Kier alpha value is -1.57. The van der Waals surface area contributed by atoms with Crippen molar-refractivity contribution in [1.82, 2.24) is 4.90 Å². The first-order valence-electron chi connectivity index (χ1n) is 5.32. The molecule has 1 aliphatic carbocycles. The molecule has 0 radical (unpaired) electrons. The van der Waals surface area contributed by atoms with Crippen molar-refractivity contribution in [3.63, 3.8) is 0 Å². The molecule has 76 valence electrons. The molecule has 1 aromatic carbocycles. The molecule has 0 atom stereocenters. The second-order valence-electron chi connectivity index (χ2n) is 4.40. The average molecular weight is 199 g/mol. The molecule has 0 bridgehead atoms. The highest BCUT2D eigenvalue weighted by Gasteiger charge is 2.40. The molecule has 0 spiro atoms. The Balaban J connectivity index is 2.12. The van der Waals surface area contributed by atoms with Crippen molar-refractivity contribution in [3.05, 3.63) is 41.5 Å². The number of amides is 1. The summed E-state index contributed by atoms with van der Waals surface area (Å²) in [5.74, 6) is 0.137. The van der Waals surface area contributed by atoms with E-state index in [1.54, 1.807) is 0 Å². The van der Waals surface area contributed by atoms with Gasteiger partial charge in [0.05, 0.1) is 0 Å². The van der Waals surface area contributed by atoms with Gasteiger partial charge in [0, 0.05) is 22.9 Å². The van der Waals surface area contributed by atoms with Gasteiger partial charge >= 0.3 is 0 Å². The Bertz CT molecular complexity index is 471. The van der Waals surface area contributed by atoms with Crippen molar-refractivity contribution >= 4 is 11.6 Å². The van der Waals surface area contributed by atoms with E-state index in [0.717, 1.165) is 29.7 Å². The summed E-state index contributed by atoms with van der Waals surface area (Å²) in [4.78, 5) is 13.9. The summed E-state index contributed by atoms with van der Waals surface area (Å²) in [6, 6.07) is 6.37. The first-order chi connectivity index (χ1) is 7.18. The maximum atomic E-state index is 12.1. The number of rotatable bonds is 1. The topological polar surface area (TPSA) is 20.3 Å². The lowest BCUT2D eigenvalue weighted by Crippen LogP contribution is -2.24. The molecule has 1 aliphatic heterocycles. The minimum atomic E-state index is 0.137. The summed E-state index contributed by atoms with van der Waals surface area (Å²) in [5, 5.41) is 0. The van der Waals surface area contributed by atoms with Gasteiger partial charge in [0.1, 0.15) is 0 Å². The Labute approximate surface area is 89.2 Å².